The predicted octanol–water partition coefficient (Wildman–Crippen LogP) is 1.09. The lowest BCUT2D eigenvalue weighted by Gasteiger charge is -2.19. The van der Waals surface area contributed by atoms with Crippen molar-refractivity contribution in [1.82, 2.24) is 9.97 Å². The summed E-state index contributed by atoms with van der Waals surface area (Å²) < 4.78 is 26.7. The van der Waals surface area contributed by atoms with Crippen molar-refractivity contribution in [2.45, 2.75) is 19.8 Å². The number of nitrogens with zero attached hydrogens (tertiary/aromatic N) is 3. The summed E-state index contributed by atoms with van der Waals surface area (Å²) in [4.78, 5) is 11.1. The molecule has 1 aliphatic carbocycles. The van der Waals surface area contributed by atoms with Crippen LogP contribution in [0.1, 0.15) is 18.9 Å². The van der Waals surface area contributed by atoms with Crippen LogP contribution in [0.4, 0.5) is 5.95 Å². The van der Waals surface area contributed by atoms with Crippen molar-refractivity contribution in [3.8, 4) is 0 Å². The summed E-state index contributed by atoms with van der Waals surface area (Å²) in [6.45, 7) is 4.34. The number of hydrogen-bond donors (Lipinski definition) is 0. The molecule has 0 amide bonds. The van der Waals surface area contributed by atoms with E-state index in [2.05, 4.69) is 21.8 Å². The summed E-state index contributed by atoms with van der Waals surface area (Å²) >= 11 is 0. The maximum atomic E-state index is 10.9. The Labute approximate surface area is 125 Å². The second-order valence-corrected chi connectivity index (χ2v) is 7.60. The molecule has 7 heteroatoms. The zero-order valence-electron chi connectivity index (χ0n) is 12.4. The van der Waals surface area contributed by atoms with E-state index in [4.69, 9.17) is 4.18 Å². The zero-order valence-corrected chi connectivity index (χ0v) is 13.2. The van der Waals surface area contributed by atoms with Crippen LogP contribution < -0.4 is 4.90 Å². The molecule has 1 saturated carbocycles. The van der Waals surface area contributed by atoms with Crippen molar-refractivity contribution in [3.63, 3.8) is 0 Å². The molecular weight excluding hydrogens is 290 g/mol. The highest BCUT2D eigenvalue weighted by atomic mass is 32.2. The van der Waals surface area contributed by atoms with Gasteiger partial charge in [0.2, 0.25) is 5.95 Å². The summed E-state index contributed by atoms with van der Waals surface area (Å²) in [7, 11) is -3.31. The maximum Gasteiger partial charge on any atom is 0.264 e. The summed E-state index contributed by atoms with van der Waals surface area (Å²) in [5.41, 5.74) is 1.15. The predicted molar refractivity (Wildman–Crippen MR) is 79.5 cm³/mol. The van der Waals surface area contributed by atoms with Crippen molar-refractivity contribution < 1.29 is 12.6 Å². The first-order valence-corrected chi connectivity index (χ1v) is 9.20. The van der Waals surface area contributed by atoms with E-state index >= 15 is 0 Å². The van der Waals surface area contributed by atoms with E-state index in [0.717, 1.165) is 43.7 Å². The highest BCUT2D eigenvalue weighted by Gasteiger charge is 2.55. The molecule has 2 unspecified atom stereocenters. The Hall–Kier alpha value is -1.21. The summed E-state index contributed by atoms with van der Waals surface area (Å²) in [5.74, 6) is 2.69. The summed E-state index contributed by atoms with van der Waals surface area (Å²) in [6, 6.07) is 0. The number of rotatable bonds is 6. The number of aryl methyl sites for hydroxylation is 1. The minimum absolute atomic E-state index is 0.304. The topological polar surface area (TPSA) is 72.4 Å². The Morgan fingerprint density at radius 2 is 1.90 bits per heavy atom. The van der Waals surface area contributed by atoms with Crippen LogP contribution in [-0.4, -0.2) is 44.3 Å². The monoisotopic (exact) mass is 311 g/mol. The molecule has 2 aliphatic rings. The van der Waals surface area contributed by atoms with Gasteiger partial charge in [-0.25, -0.2) is 9.97 Å². The molecule has 0 bridgehead atoms. The molecular formula is C14H21N3O3S. The molecule has 0 aromatic carbocycles. The molecule has 21 heavy (non-hydrogen) atoms. The van der Waals surface area contributed by atoms with Gasteiger partial charge in [0.05, 0.1) is 12.9 Å². The molecule has 1 saturated heterocycles. The van der Waals surface area contributed by atoms with Gasteiger partial charge in [-0.1, -0.05) is 6.92 Å². The third kappa shape index (κ3) is 3.35. The van der Waals surface area contributed by atoms with Crippen molar-refractivity contribution >= 4 is 16.1 Å². The Morgan fingerprint density at radius 1 is 1.29 bits per heavy atom. The first-order valence-electron chi connectivity index (χ1n) is 7.38. The summed E-state index contributed by atoms with van der Waals surface area (Å²) in [5, 5.41) is 0. The molecule has 2 fully saturated rings. The Bertz CT molecular complexity index is 590. The van der Waals surface area contributed by atoms with Crippen LogP contribution in [0.5, 0.6) is 0 Å². The van der Waals surface area contributed by atoms with Crippen molar-refractivity contribution in [3.05, 3.63) is 18.0 Å². The van der Waals surface area contributed by atoms with Crippen molar-refractivity contribution in [1.29, 1.82) is 0 Å². The molecule has 1 aromatic rings. The lowest BCUT2D eigenvalue weighted by Crippen LogP contribution is -2.26. The maximum absolute atomic E-state index is 10.9. The molecule has 1 aromatic heterocycles. The van der Waals surface area contributed by atoms with Gasteiger partial charge in [0, 0.05) is 25.5 Å². The standard InChI is InChI=1S/C14H21N3O3S/c1-3-10-6-15-14(16-7-10)17-8-12-11(13(12)9-17)4-5-20-21(2,18)19/h6-7,11-13H,3-5,8-9H2,1-2H3. The summed E-state index contributed by atoms with van der Waals surface area (Å²) in [6.07, 6.45) is 6.66. The fourth-order valence-corrected chi connectivity index (χ4v) is 3.67. The number of fused-ring (bicyclic) bond motifs is 1. The molecule has 3 rings (SSSR count). The van der Waals surface area contributed by atoms with Crippen LogP contribution in [0.25, 0.3) is 0 Å². The van der Waals surface area contributed by atoms with Gasteiger partial charge >= 0.3 is 0 Å². The minimum atomic E-state index is -3.31. The third-order valence-corrected chi connectivity index (χ3v) is 5.10. The Morgan fingerprint density at radius 3 is 2.43 bits per heavy atom. The highest BCUT2D eigenvalue weighted by molar-refractivity contribution is 7.85. The van der Waals surface area contributed by atoms with Crippen LogP contribution in [0.2, 0.25) is 0 Å². The van der Waals surface area contributed by atoms with E-state index in [1.807, 2.05) is 12.4 Å². The molecule has 116 valence electrons. The smallest absolute Gasteiger partial charge is 0.264 e. The van der Waals surface area contributed by atoms with Gasteiger partial charge < -0.3 is 4.90 Å². The molecule has 6 nitrogen and oxygen atoms in total. The SMILES string of the molecule is CCc1cnc(N2CC3C(CCOS(C)(=O)=O)C3C2)nc1. The Kier molecular flexibility index (Phi) is 3.88. The fraction of sp³-hybridized carbons (Fsp3) is 0.714. The Balaban J connectivity index is 1.47. The quantitative estimate of drug-likeness (QED) is 0.732. The number of anilines is 1. The fourth-order valence-electron chi connectivity index (χ4n) is 3.27. The van der Waals surface area contributed by atoms with Crippen molar-refractivity contribution in [2.24, 2.45) is 17.8 Å². The second-order valence-electron chi connectivity index (χ2n) is 5.96. The van der Waals surface area contributed by atoms with Crippen molar-refractivity contribution in [2.75, 3.05) is 30.9 Å². The van der Waals surface area contributed by atoms with Gasteiger partial charge in [-0.15, -0.1) is 0 Å². The van der Waals surface area contributed by atoms with Gasteiger partial charge in [-0.3, -0.25) is 4.18 Å². The first kappa shape index (κ1) is 14.7. The average molecular weight is 311 g/mol. The van der Waals surface area contributed by atoms with E-state index in [0.29, 0.717) is 24.4 Å². The molecule has 2 heterocycles. The molecule has 1 aliphatic heterocycles. The van der Waals surface area contributed by atoms with E-state index < -0.39 is 10.1 Å². The van der Waals surface area contributed by atoms with Gasteiger partial charge in [0.25, 0.3) is 10.1 Å². The lowest BCUT2D eigenvalue weighted by molar-refractivity contribution is 0.301. The lowest BCUT2D eigenvalue weighted by atomic mass is 10.2. The van der Waals surface area contributed by atoms with Gasteiger partial charge in [-0.05, 0) is 36.2 Å². The van der Waals surface area contributed by atoms with E-state index in [1.165, 1.54) is 0 Å². The van der Waals surface area contributed by atoms with E-state index in [9.17, 15) is 8.42 Å². The van der Waals surface area contributed by atoms with Gasteiger partial charge in [-0.2, -0.15) is 8.42 Å². The zero-order chi connectivity index (χ0) is 15.0. The largest absolute Gasteiger partial charge is 0.340 e. The molecule has 2 atom stereocenters. The van der Waals surface area contributed by atoms with Crippen LogP contribution in [0, 0.1) is 17.8 Å². The molecule has 0 N–H and O–H groups in total. The molecule has 0 spiro atoms. The van der Waals surface area contributed by atoms with Crippen LogP contribution in [0.15, 0.2) is 12.4 Å². The number of hydrogen-bond acceptors (Lipinski definition) is 6. The van der Waals surface area contributed by atoms with Crippen LogP contribution >= 0.6 is 0 Å². The molecule has 0 radical (unpaired) electrons. The van der Waals surface area contributed by atoms with Gasteiger partial charge in [0.1, 0.15) is 0 Å². The number of piperidine rings is 1. The third-order valence-electron chi connectivity index (χ3n) is 4.50. The first-order chi connectivity index (χ1) is 9.98. The normalized spacial score (nSPS) is 27.7. The van der Waals surface area contributed by atoms with E-state index in [-0.39, 0.29) is 0 Å². The van der Waals surface area contributed by atoms with E-state index in [1.54, 1.807) is 0 Å². The van der Waals surface area contributed by atoms with Crippen LogP contribution in [-0.2, 0) is 20.7 Å². The number of aromatic nitrogens is 2. The highest BCUT2D eigenvalue weighted by Crippen LogP contribution is 2.53. The van der Waals surface area contributed by atoms with Crippen LogP contribution in [0.3, 0.4) is 0 Å². The van der Waals surface area contributed by atoms with Gasteiger partial charge in [0.15, 0.2) is 0 Å². The minimum Gasteiger partial charge on any atom is -0.340 e. The average Bonchev–Trinajstić information content (AvgIpc) is 2.90. The second kappa shape index (κ2) is 5.53.